The number of nitrogens with two attached hydrogens (primary N) is 2. The Labute approximate surface area is 181 Å². The van der Waals surface area contributed by atoms with Crippen LogP contribution in [-0.4, -0.2) is 58.2 Å². The minimum absolute atomic E-state index is 0.0789. The van der Waals surface area contributed by atoms with E-state index in [-0.39, 0.29) is 31.9 Å². The number of benzene rings is 1. The highest BCUT2D eigenvalue weighted by Gasteiger charge is 2.38. The number of aliphatic imine (C=N–C) groups is 1. The van der Waals surface area contributed by atoms with E-state index < -0.39 is 35.7 Å². The van der Waals surface area contributed by atoms with Crippen LogP contribution in [0.5, 0.6) is 0 Å². The third-order valence-corrected chi connectivity index (χ3v) is 4.74. The van der Waals surface area contributed by atoms with Crippen molar-refractivity contribution in [3.63, 3.8) is 0 Å². The Morgan fingerprint density at radius 1 is 1.26 bits per heavy atom. The van der Waals surface area contributed by atoms with Gasteiger partial charge in [0, 0.05) is 13.0 Å². The first kappa shape index (κ1) is 24.0. The minimum atomic E-state index is -1.17. The number of aliphatic carboxylic acids is 1. The van der Waals surface area contributed by atoms with Crippen LogP contribution in [0.15, 0.2) is 29.3 Å². The fourth-order valence-electron chi connectivity index (χ4n) is 3.30. The lowest BCUT2D eigenvalue weighted by Crippen LogP contribution is -2.56. The van der Waals surface area contributed by atoms with Gasteiger partial charge < -0.3 is 26.6 Å². The molecule has 2 amide bonds. The van der Waals surface area contributed by atoms with Gasteiger partial charge in [0.05, 0.1) is 6.54 Å². The summed E-state index contributed by atoms with van der Waals surface area (Å²) in [6, 6.07) is 5.50. The number of carbonyl (C=O) groups is 3. The average Bonchev–Trinajstić information content (AvgIpc) is 2.67. The van der Waals surface area contributed by atoms with Gasteiger partial charge in [0.25, 0.3) is 0 Å². The molecule has 170 valence electrons. The maximum absolute atomic E-state index is 13.1. The van der Waals surface area contributed by atoms with E-state index in [1.807, 2.05) is 24.3 Å². The van der Waals surface area contributed by atoms with E-state index in [0.717, 1.165) is 11.1 Å². The molecule has 0 saturated heterocycles. The van der Waals surface area contributed by atoms with Crippen LogP contribution in [0.4, 0.5) is 4.79 Å². The Balaban J connectivity index is 2.17. The molecule has 0 aliphatic carbocycles. The second-order valence-corrected chi connectivity index (χ2v) is 8.45. The van der Waals surface area contributed by atoms with Crippen LogP contribution in [0.1, 0.15) is 44.7 Å². The van der Waals surface area contributed by atoms with Gasteiger partial charge in [0.1, 0.15) is 17.7 Å². The zero-order valence-corrected chi connectivity index (χ0v) is 18.1. The number of carboxylic acids is 1. The molecule has 10 nitrogen and oxygen atoms in total. The first-order valence-electron chi connectivity index (χ1n) is 10.1. The van der Waals surface area contributed by atoms with Crippen molar-refractivity contribution >= 4 is 23.9 Å². The zero-order chi connectivity index (χ0) is 23.2. The molecule has 2 rings (SSSR count). The predicted molar refractivity (Wildman–Crippen MR) is 115 cm³/mol. The summed E-state index contributed by atoms with van der Waals surface area (Å²) in [5.41, 5.74) is 11.7. The lowest BCUT2D eigenvalue weighted by atomic mass is 9.93. The second kappa shape index (κ2) is 10.1. The Morgan fingerprint density at radius 2 is 1.90 bits per heavy atom. The molecule has 1 heterocycles. The lowest BCUT2D eigenvalue weighted by Gasteiger charge is -2.37. The summed E-state index contributed by atoms with van der Waals surface area (Å²) < 4.78 is 5.48. The van der Waals surface area contributed by atoms with Crippen molar-refractivity contribution in [1.29, 1.82) is 0 Å². The fourth-order valence-corrected chi connectivity index (χ4v) is 3.30. The van der Waals surface area contributed by atoms with Crippen LogP contribution < -0.4 is 16.8 Å². The van der Waals surface area contributed by atoms with E-state index in [4.69, 9.17) is 16.2 Å². The van der Waals surface area contributed by atoms with E-state index in [0.29, 0.717) is 6.42 Å². The number of guanidine groups is 1. The lowest BCUT2D eigenvalue weighted by molar-refractivity contribution is -0.143. The maximum Gasteiger partial charge on any atom is 0.411 e. The topological polar surface area (TPSA) is 160 Å². The zero-order valence-electron chi connectivity index (χ0n) is 18.1. The highest BCUT2D eigenvalue weighted by Crippen LogP contribution is 2.25. The summed E-state index contributed by atoms with van der Waals surface area (Å²) in [5.74, 6) is -1.79. The molecule has 31 heavy (non-hydrogen) atoms. The summed E-state index contributed by atoms with van der Waals surface area (Å²) in [5, 5.41) is 12.1. The Bertz CT molecular complexity index is 845. The molecule has 1 aromatic carbocycles. The average molecular weight is 434 g/mol. The number of amides is 2. The first-order chi connectivity index (χ1) is 14.5. The van der Waals surface area contributed by atoms with Crippen LogP contribution in [0.3, 0.4) is 0 Å². The largest absolute Gasteiger partial charge is 0.480 e. The number of carboxylic acid groups (broad SMARTS) is 1. The van der Waals surface area contributed by atoms with Crippen molar-refractivity contribution in [3.05, 3.63) is 35.4 Å². The molecule has 0 unspecified atom stereocenters. The van der Waals surface area contributed by atoms with E-state index in [9.17, 15) is 19.5 Å². The summed E-state index contributed by atoms with van der Waals surface area (Å²) >= 11 is 0. The molecule has 1 aliphatic heterocycles. The molecule has 0 spiro atoms. The molecular formula is C21H31N5O5. The quantitative estimate of drug-likeness (QED) is 0.283. The number of rotatable bonds is 7. The molecule has 0 aromatic heterocycles. The van der Waals surface area contributed by atoms with E-state index >= 15 is 0 Å². The molecule has 0 saturated carbocycles. The van der Waals surface area contributed by atoms with Crippen molar-refractivity contribution < 1.29 is 24.2 Å². The molecule has 10 heteroatoms. The van der Waals surface area contributed by atoms with Gasteiger partial charge >= 0.3 is 12.1 Å². The SMILES string of the molecule is CC(C)(C)OC(=O)N1Cc2ccccc2C[C@H]1C(=O)N[C@@H](CCCN=C(N)N)C(=O)O. The highest BCUT2D eigenvalue weighted by atomic mass is 16.6. The molecule has 6 N–H and O–H groups in total. The number of hydrogen-bond donors (Lipinski definition) is 4. The summed E-state index contributed by atoms with van der Waals surface area (Å²) in [6.07, 6.45) is 0.162. The van der Waals surface area contributed by atoms with Gasteiger partial charge in [-0.1, -0.05) is 24.3 Å². The fraction of sp³-hybridized carbons (Fsp3) is 0.524. The standard InChI is InChI=1S/C21H31N5O5/c1-21(2,3)31-20(30)26-12-14-8-5-4-7-13(14)11-16(26)17(27)25-15(18(28)29)9-6-10-24-19(22)23/h4-5,7-8,15-16H,6,9-12H2,1-3H3,(H,25,27)(H,28,29)(H4,22,23,24)/t15-,16-/m0/s1. The van der Waals surface area contributed by atoms with E-state index in [1.165, 1.54) is 4.90 Å². The number of carbonyl (C=O) groups excluding carboxylic acids is 2. The van der Waals surface area contributed by atoms with E-state index in [1.54, 1.807) is 20.8 Å². The molecular weight excluding hydrogens is 402 g/mol. The van der Waals surface area contributed by atoms with Crippen molar-refractivity contribution in [2.24, 2.45) is 16.5 Å². The predicted octanol–water partition coefficient (Wildman–Crippen LogP) is 0.971. The van der Waals surface area contributed by atoms with Crippen molar-refractivity contribution in [2.75, 3.05) is 6.54 Å². The number of nitrogens with one attached hydrogen (secondary N) is 1. The minimum Gasteiger partial charge on any atom is -0.480 e. The molecule has 0 radical (unpaired) electrons. The van der Waals surface area contributed by atoms with Crippen molar-refractivity contribution in [3.8, 4) is 0 Å². The van der Waals surface area contributed by atoms with Crippen LogP contribution in [0.25, 0.3) is 0 Å². The summed E-state index contributed by atoms with van der Waals surface area (Å²) in [6.45, 7) is 5.69. The van der Waals surface area contributed by atoms with Crippen LogP contribution in [0, 0.1) is 0 Å². The van der Waals surface area contributed by atoms with Crippen molar-refractivity contribution in [2.45, 2.75) is 64.3 Å². The smallest absolute Gasteiger partial charge is 0.411 e. The summed E-state index contributed by atoms with van der Waals surface area (Å²) in [4.78, 5) is 42.7. The van der Waals surface area contributed by atoms with Gasteiger partial charge in [0.15, 0.2) is 5.96 Å². The van der Waals surface area contributed by atoms with Crippen LogP contribution in [-0.2, 0) is 27.3 Å². The number of nitrogens with zero attached hydrogens (tertiary/aromatic N) is 2. The maximum atomic E-state index is 13.1. The Hall–Kier alpha value is -3.30. The van der Waals surface area contributed by atoms with E-state index in [2.05, 4.69) is 10.3 Å². The first-order valence-corrected chi connectivity index (χ1v) is 10.1. The van der Waals surface area contributed by atoms with Gasteiger partial charge in [-0.3, -0.25) is 14.7 Å². The molecule has 0 bridgehead atoms. The van der Waals surface area contributed by atoms with Gasteiger partial charge in [0.2, 0.25) is 5.91 Å². The molecule has 1 aliphatic rings. The van der Waals surface area contributed by atoms with Gasteiger partial charge in [-0.2, -0.15) is 0 Å². The van der Waals surface area contributed by atoms with Crippen LogP contribution in [0.2, 0.25) is 0 Å². The number of fused-ring (bicyclic) bond motifs is 1. The summed E-state index contributed by atoms with van der Waals surface area (Å²) in [7, 11) is 0. The number of ether oxygens (including phenoxy) is 1. The van der Waals surface area contributed by atoms with Crippen molar-refractivity contribution in [1.82, 2.24) is 10.2 Å². The Kier molecular flexibility index (Phi) is 7.84. The molecule has 0 fully saturated rings. The second-order valence-electron chi connectivity index (χ2n) is 8.45. The number of hydrogen-bond acceptors (Lipinski definition) is 5. The van der Waals surface area contributed by atoms with Gasteiger partial charge in [-0.25, -0.2) is 9.59 Å². The normalized spacial score (nSPS) is 16.6. The monoisotopic (exact) mass is 433 g/mol. The van der Waals surface area contributed by atoms with Gasteiger partial charge in [-0.15, -0.1) is 0 Å². The van der Waals surface area contributed by atoms with Gasteiger partial charge in [-0.05, 0) is 44.7 Å². The third kappa shape index (κ3) is 7.16. The molecule has 2 atom stereocenters. The van der Waals surface area contributed by atoms with Crippen LogP contribution >= 0.6 is 0 Å². The molecule has 1 aromatic rings. The highest BCUT2D eigenvalue weighted by molar-refractivity contribution is 5.90. The third-order valence-electron chi connectivity index (χ3n) is 4.74. The Morgan fingerprint density at radius 3 is 2.48 bits per heavy atom.